The highest BCUT2D eigenvalue weighted by Crippen LogP contribution is 2.11. The van der Waals surface area contributed by atoms with Crippen molar-refractivity contribution in [3.05, 3.63) is 74.8 Å². The lowest BCUT2D eigenvalue weighted by Gasteiger charge is -2.00. The minimum atomic E-state index is -0.431. The smallest absolute Gasteiger partial charge is 0.269 e. The Morgan fingerprint density at radius 2 is 1.80 bits per heavy atom. The molecule has 0 aromatic heterocycles. The Hall–Kier alpha value is -2.40. The van der Waals surface area contributed by atoms with Crippen LogP contribution < -0.4 is 5.43 Å². The highest BCUT2D eigenvalue weighted by atomic mass is 35.5. The lowest BCUT2D eigenvalue weighted by molar-refractivity contribution is -0.384. The van der Waals surface area contributed by atoms with E-state index in [1.54, 1.807) is 18.3 Å². The number of benzene rings is 2. The van der Waals surface area contributed by atoms with Gasteiger partial charge in [0.1, 0.15) is 0 Å². The topological polar surface area (TPSA) is 67.5 Å². The number of halogens is 1. The van der Waals surface area contributed by atoms with Crippen molar-refractivity contribution in [2.45, 2.75) is 6.54 Å². The number of nitrogens with zero attached hydrogens (tertiary/aromatic N) is 2. The molecule has 0 radical (unpaired) electrons. The first-order valence-corrected chi connectivity index (χ1v) is 6.28. The third-order valence-electron chi connectivity index (χ3n) is 2.61. The van der Waals surface area contributed by atoms with Gasteiger partial charge >= 0.3 is 0 Å². The quantitative estimate of drug-likeness (QED) is 0.521. The molecule has 0 unspecified atom stereocenters. The molecule has 2 aromatic rings. The lowest BCUT2D eigenvalue weighted by Crippen LogP contribution is -2.05. The fourth-order valence-corrected chi connectivity index (χ4v) is 1.67. The van der Waals surface area contributed by atoms with Crippen molar-refractivity contribution in [3.8, 4) is 0 Å². The maximum absolute atomic E-state index is 10.5. The van der Waals surface area contributed by atoms with Crippen LogP contribution in [0.5, 0.6) is 0 Å². The summed E-state index contributed by atoms with van der Waals surface area (Å²) in [6.45, 7) is 0.584. The zero-order valence-corrected chi connectivity index (χ0v) is 11.2. The maximum Gasteiger partial charge on any atom is 0.269 e. The van der Waals surface area contributed by atoms with Crippen LogP contribution in [0.1, 0.15) is 11.1 Å². The van der Waals surface area contributed by atoms with Gasteiger partial charge in [0, 0.05) is 17.2 Å². The zero-order chi connectivity index (χ0) is 14.4. The molecule has 1 N–H and O–H groups in total. The van der Waals surface area contributed by atoms with Gasteiger partial charge < -0.3 is 5.43 Å². The predicted octanol–water partition coefficient (Wildman–Crippen LogP) is 3.37. The summed E-state index contributed by atoms with van der Waals surface area (Å²) in [6.07, 6.45) is 1.61. The number of hydrazone groups is 1. The molecule has 2 aromatic carbocycles. The molecular weight excluding hydrogens is 278 g/mol. The summed E-state index contributed by atoms with van der Waals surface area (Å²) >= 11 is 5.79. The van der Waals surface area contributed by atoms with Crippen molar-refractivity contribution in [2.24, 2.45) is 5.10 Å². The third kappa shape index (κ3) is 4.07. The number of nitro groups is 1. The number of hydrogen-bond donors (Lipinski definition) is 1. The standard InChI is InChI=1S/C14H12ClN3O2/c15-13-5-1-11(2-6-13)9-16-17-10-12-3-7-14(8-4-12)18(19)20/h1-8,10,16H,9H2/b17-10-. The summed E-state index contributed by atoms with van der Waals surface area (Å²) in [6, 6.07) is 13.6. The van der Waals surface area contributed by atoms with Crippen LogP contribution in [0.3, 0.4) is 0 Å². The second-order valence-electron chi connectivity index (χ2n) is 4.07. The SMILES string of the molecule is O=[N+]([O-])c1ccc(/C=N\NCc2ccc(Cl)cc2)cc1. The maximum atomic E-state index is 10.5. The molecule has 0 fully saturated rings. The summed E-state index contributed by atoms with van der Waals surface area (Å²) < 4.78 is 0. The lowest BCUT2D eigenvalue weighted by atomic mass is 10.2. The molecule has 0 heterocycles. The Morgan fingerprint density at radius 1 is 1.15 bits per heavy atom. The van der Waals surface area contributed by atoms with Crippen LogP contribution >= 0.6 is 11.6 Å². The Bertz CT molecular complexity index is 609. The van der Waals surface area contributed by atoms with Gasteiger partial charge in [-0.25, -0.2) is 0 Å². The number of hydrogen-bond acceptors (Lipinski definition) is 4. The van der Waals surface area contributed by atoms with Crippen LogP contribution in [0.15, 0.2) is 53.6 Å². The first kappa shape index (κ1) is 14.0. The highest BCUT2D eigenvalue weighted by Gasteiger charge is 2.02. The molecule has 0 bridgehead atoms. The minimum Gasteiger partial charge on any atom is -0.306 e. The van der Waals surface area contributed by atoms with Crippen LogP contribution in [0.4, 0.5) is 5.69 Å². The van der Waals surface area contributed by atoms with Crippen LogP contribution in [-0.2, 0) is 6.54 Å². The van der Waals surface area contributed by atoms with E-state index >= 15 is 0 Å². The summed E-state index contributed by atoms with van der Waals surface area (Å²) in [5.74, 6) is 0. The Labute approximate surface area is 121 Å². The van der Waals surface area contributed by atoms with E-state index in [-0.39, 0.29) is 5.69 Å². The molecule has 0 aliphatic carbocycles. The second-order valence-corrected chi connectivity index (χ2v) is 4.50. The van der Waals surface area contributed by atoms with Gasteiger partial charge in [0.15, 0.2) is 0 Å². The van der Waals surface area contributed by atoms with E-state index in [4.69, 9.17) is 11.6 Å². The fourth-order valence-electron chi connectivity index (χ4n) is 1.54. The van der Waals surface area contributed by atoms with Crippen LogP contribution in [0.25, 0.3) is 0 Å². The second kappa shape index (κ2) is 6.68. The normalized spacial score (nSPS) is 10.7. The molecule has 0 aliphatic rings. The van der Waals surface area contributed by atoms with E-state index in [1.807, 2.05) is 24.3 Å². The molecule has 0 saturated heterocycles. The molecule has 0 amide bonds. The van der Waals surface area contributed by atoms with E-state index in [0.29, 0.717) is 11.6 Å². The summed E-state index contributed by atoms with van der Waals surface area (Å²) in [5, 5.41) is 15.3. The van der Waals surface area contributed by atoms with Crippen LogP contribution in [0, 0.1) is 10.1 Å². The summed E-state index contributed by atoms with van der Waals surface area (Å²) in [5.41, 5.74) is 4.82. The van der Waals surface area contributed by atoms with E-state index in [0.717, 1.165) is 11.1 Å². The van der Waals surface area contributed by atoms with Crippen LogP contribution in [-0.4, -0.2) is 11.1 Å². The third-order valence-corrected chi connectivity index (χ3v) is 2.86. The number of rotatable bonds is 5. The average Bonchev–Trinajstić information content (AvgIpc) is 2.46. The average molecular weight is 290 g/mol. The van der Waals surface area contributed by atoms with E-state index < -0.39 is 4.92 Å². The van der Waals surface area contributed by atoms with E-state index in [1.165, 1.54) is 12.1 Å². The van der Waals surface area contributed by atoms with Crippen LogP contribution in [0.2, 0.25) is 5.02 Å². The van der Waals surface area contributed by atoms with E-state index in [2.05, 4.69) is 10.5 Å². The Kier molecular flexibility index (Phi) is 4.68. The molecule has 0 saturated carbocycles. The first-order chi connectivity index (χ1) is 9.65. The molecular formula is C14H12ClN3O2. The number of non-ortho nitro benzene ring substituents is 1. The largest absolute Gasteiger partial charge is 0.306 e. The molecule has 2 rings (SSSR count). The van der Waals surface area contributed by atoms with Gasteiger partial charge in [0.05, 0.1) is 17.7 Å². The number of nitrogens with one attached hydrogen (secondary N) is 1. The van der Waals surface area contributed by atoms with Crippen molar-refractivity contribution < 1.29 is 4.92 Å². The number of nitro benzene ring substituents is 1. The summed E-state index contributed by atoms with van der Waals surface area (Å²) in [4.78, 5) is 10.1. The van der Waals surface area contributed by atoms with Gasteiger partial charge in [-0.1, -0.05) is 23.7 Å². The molecule has 0 aliphatic heterocycles. The van der Waals surface area contributed by atoms with E-state index in [9.17, 15) is 10.1 Å². The molecule has 0 spiro atoms. The minimum absolute atomic E-state index is 0.0660. The van der Waals surface area contributed by atoms with Gasteiger partial charge in [0.25, 0.3) is 5.69 Å². The molecule has 6 heteroatoms. The van der Waals surface area contributed by atoms with Gasteiger partial charge in [-0.15, -0.1) is 0 Å². The Morgan fingerprint density at radius 3 is 2.40 bits per heavy atom. The van der Waals surface area contributed by atoms with Gasteiger partial charge in [0.2, 0.25) is 0 Å². The highest BCUT2D eigenvalue weighted by molar-refractivity contribution is 6.30. The molecule has 102 valence electrons. The van der Waals surface area contributed by atoms with Crippen molar-refractivity contribution in [1.29, 1.82) is 0 Å². The van der Waals surface area contributed by atoms with Gasteiger partial charge in [-0.3, -0.25) is 10.1 Å². The van der Waals surface area contributed by atoms with Crippen molar-refractivity contribution in [2.75, 3.05) is 0 Å². The van der Waals surface area contributed by atoms with Crippen molar-refractivity contribution >= 4 is 23.5 Å². The van der Waals surface area contributed by atoms with Gasteiger partial charge in [-0.2, -0.15) is 5.10 Å². The Balaban J connectivity index is 1.87. The zero-order valence-electron chi connectivity index (χ0n) is 10.5. The molecule has 20 heavy (non-hydrogen) atoms. The fraction of sp³-hybridized carbons (Fsp3) is 0.0714. The molecule has 0 atom stereocenters. The van der Waals surface area contributed by atoms with Crippen molar-refractivity contribution in [1.82, 2.24) is 5.43 Å². The first-order valence-electron chi connectivity index (χ1n) is 5.90. The van der Waals surface area contributed by atoms with Gasteiger partial charge in [-0.05, 0) is 35.4 Å². The predicted molar refractivity (Wildman–Crippen MR) is 79.0 cm³/mol. The summed E-state index contributed by atoms with van der Waals surface area (Å²) in [7, 11) is 0. The van der Waals surface area contributed by atoms with Crippen molar-refractivity contribution in [3.63, 3.8) is 0 Å². The molecule has 5 nitrogen and oxygen atoms in total. The monoisotopic (exact) mass is 289 g/mol.